The molecule has 0 aliphatic carbocycles. The Morgan fingerprint density at radius 1 is 1.38 bits per heavy atom. The van der Waals surface area contributed by atoms with Crippen LogP contribution in [0.3, 0.4) is 0 Å². The first-order valence-corrected chi connectivity index (χ1v) is 5.61. The number of rotatable bonds is 6. The molecule has 0 saturated carbocycles. The number of carbonyl (C=O) groups is 1. The zero-order chi connectivity index (χ0) is 12.0. The van der Waals surface area contributed by atoms with Crippen LogP contribution in [0, 0.1) is 0 Å². The molecule has 1 N–H and O–H groups in total. The van der Waals surface area contributed by atoms with Gasteiger partial charge in [-0.05, 0) is 24.6 Å². The summed E-state index contributed by atoms with van der Waals surface area (Å²) >= 11 is 12.1. The molecule has 0 saturated heterocycles. The first kappa shape index (κ1) is 13.3. The lowest BCUT2D eigenvalue weighted by molar-refractivity contribution is -0.107. The molecule has 0 spiro atoms. The summed E-state index contributed by atoms with van der Waals surface area (Å²) < 4.78 is 5.05. The zero-order valence-corrected chi connectivity index (χ0v) is 10.4. The Kier molecular flexibility index (Phi) is 5.60. The molecule has 0 aliphatic rings. The lowest BCUT2D eigenvalue weighted by Crippen LogP contribution is -2.19. The second kappa shape index (κ2) is 6.74. The fourth-order valence-electron chi connectivity index (χ4n) is 1.31. The highest BCUT2D eigenvalue weighted by Crippen LogP contribution is 2.34. The van der Waals surface area contributed by atoms with Crippen molar-refractivity contribution >= 4 is 29.5 Å². The van der Waals surface area contributed by atoms with Gasteiger partial charge in [-0.2, -0.15) is 0 Å². The van der Waals surface area contributed by atoms with Crippen molar-refractivity contribution in [1.29, 1.82) is 0 Å². The molecule has 3 nitrogen and oxygen atoms in total. The van der Waals surface area contributed by atoms with E-state index in [2.05, 4.69) is 5.32 Å². The zero-order valence-electron chi connectivity index (χ0n) is 8.93. The minimum absolute atomic E-state index is 0.349. The molecule has 1 aromatic rings. The highest BCUT2D eigenvalue weighted by Gasteiger charge is 2.09. The molecule has 0 bridgehead atoms. The van der Waals surface area contributed by atoms with Crippen molar-refractivity contribution in [2.75, 3.05) is 20.2 Å². The Morgan fingerprint density at radius 3 is 2.75 bits per heavy atom. The second-order valence-corrected chi connectivity index (χ2v) is 3.93. The van der Waals surface area contributed by atoms with E-state index in [9.17, 15) is 4.79 Å². The fourth-order valence-corrected chi connectivity index (χ4v) is 1.82. The Morgan fingerprint density at radius 2 is 2.12 bits per heavy atom. The molecule has 0 aromatic heterocycles. The van der Waals surface area contributed by atoms with E-state index in [1.807, 2.05) is 6.07 Å². The SMILES string of the molecule is COc1ccc(CCNCC=O)c(Cl)c1Cl. The first-order chi connectivity index (χ1) is 7.70. The van der Waals surface area contributed by atoms with Gasteiger partial charge in [0.15, 0.2) is 0 Å². The molecule has 0 unspecified atom stereocenters. The van der Waals surface area contributed by atoms with E-state index in [-0.39, 0.29) is 0 Å². The van der Waals surface area contributed by atoms with Gasteiger partial charge in [-0.25, -0.2) is 0 Å². The molecule has 0 heterocycles. The third kappa shape index (κ3) is 3.37. The number of methoxy groups -OCH3 is 1. The van der Waals surface area contributed by atoms with Gasteiger partial charge in [0, 0.05) is 0 Å². The molecule has 16 heavy (non-hydrogen) atoms. The second-order valence-electron chi connectivity index (χ2n) is 3.18. The maximum Gasteiger partial charge on any atom is 0.138 e. The van der Waals surface area contributed by atoms with Crippen LogP contribution in [0.1, 0.15) is 5.56 Å². The van der Waals surface area contributed by atoms with Gasteiger partial charge in [-0.1, -0.05) is 29.3 Å². The van der Waals surface area contributed by atoms with Crippen LogP contribution in [0.25, 0.3) is 0 Å². The molecule has 0 fully saturated rings. The maximum atomic E-state index is 10.1. The topological polar surface area (TPSA) is 38.3 Å². The average Bonchev–Trinajstić information content (AvgIpc) is 2.30. The molecule has 0 radical (unpaired) electrons. The number of carbonyl (C=O) groups excluding carboxylic acids is 1. The molecule has 1 rings (SSSR count). The Labute approximate surface area is 105 Å². The van der Waals surface area contributed by atoms with Gasteiger partial charge in [0.25, 0.3) is 0 Å². The van der Waals surface area contributed by atoms with Gasteiger partial charge in [-0.3, -0.25) is 0 Å². The molecule has 0 amide bonds. The van der Waals surface area contributed by atoms with Crippen molar-refractivity contribution in [3.63, 3.8) is 0 Å². The summed E-state index contributed by atoms with van der Waals surface area (Å²) in [5.41, 5.74) is 0.936. The molecule has 0 atom stereocenters. The smallest absolute Gasteiger partial charge is 0.138 e. The van der Waals surface area contributed by atoms with Gasteiger partial charge < -0.3 is 14.8 Å². The molecule has 1 aromatic carbocycles. The monoisotopic (exact) mass is 261 g/mol. The standard InChI is InChI=1S/C11H13Cl2NO2/c1-16-9-3-2-8(10(12)11(9)13)4-5-14-6-7-15/h2-3,7,14H,4-6H2,1H3. The van der Waals surface area contributed by atoms with Crippen LogP contribution in [0.4, 0.5) is 0 Å². The van der Waals surface area contributed by atoms with Crippen LogP contribution >= 0.6 is 23.2 Å². The summed E-state index contributed by atoms with van der Waals surface area (Å²) in [5, 5.41) is 3.89. The molecule has 88 valence electrons. The molecule has 0 aliphatic heterocycles. The van der Waals surface area contributed by atoms with Crippen LogP contribution < -0.4 is 10.1 Å². The van der Waals surface area contributed by atoms with E-state index < -0.39 is 0 Å². The Balaban J connectivity index is 2.67. The van der Waals surface area contributed by atoms with Crippen LogP contribution in [-0.4, -0.2) is 26.5 Å². The van der Waals surface area contributed by atoms with Crippen LogP contribution in [0.15, 0.2) is 12.1 Å². The van der Waals surface area contributed by atoms with Crippen molar-refractivity contribution < 1.29 is 9.53 Å². The van der Waals surface area contributed by atoms with E-state index in [0.29, 0.717) is 28.9 Å². The average molecular weight is 262 g/mol. The van der Waals surface area contributed by atoms with E-state index >= 15 is 0 Å². The first-order valence-electron chi connectivity index (χ1n) is 4.86. The number of benzene rings is 1. The third-order valence-corrected chi connectivity index (χ3v) is 3.05. The van der Waals surface area contributed by atoms with Crippen molar-refractivity contribution in [2.24, 2.45) is 0 Å². The van der Waals surface area contributed by atoms with Crippen LogP contribution in [-0.2, 0) is 11.2 Å². The van der Waals surface area contributed by atoms with Crippen molar-refractivity contribution in [2.45, 2.75) is 6.42 Å². The van der Waals surface area contributed by atoms with Gasteiger partial charge in [0.05, 0.1) is 18.7 Å². The normalized spacial score (nSPS) is 10.2. The summed E-state index contributed by atoms with van der Waals surface area (Å²) in [6.07, 6.45) is 1.54. The maximum absolute atomic E-state index is 10.1. The van der Waals surface area contributed by atoms with E-state index in [1.54, 1.807) is 13.2 Å². The van der Waals surface area contributed by atoms with Crippen molar-refractivity contribution in [3.8, 4) is 5.75 Å². The van der Waals surface area contributed by atoms with Crippen LogP contribution in [0.5, 0.6) is 5.75 Å². The van der Waals surface area contributed by atoms with Crippen LogP contribution in [0.2, 0.25) is 10.0 Å². The van der Waals surface area contributed by atoms with E-state index in [1.165, 1.54) is 0 Å². The third-order valence-electron chi connectivity index (χ3n) is 2.15. The lowest BCUT2D eigenvalue weighted by atomic mass is 10.1. The van der Waals surface area contributed by atoms with Crippen molar-refractivity contribution in [1.82, 2.24) is 5.32 Å². The summed E-state index contributed by atoms with van der Waals surface area (Å²) in [6.45, 7) is 1.03. The summed E-state index contributed by atoms with van der Waals surface area (Å²) in [7, 11) is 1.54. The Bertz CT molecular complexity index is 369. The largest absolute Gasteiger partial charge is 0.495 e. The van der Waals surface area contributed by atoms with E-state index in [0.717, 1.165) is 18.3 Å². The molecule has 5 heteroatoms. The summed E-state index contributed by atoms with van der Waals surface area (Å²) in [5.74, 6) is 0.566. The highest BCUT2D eigenvalue weighted by molar-refractivity contribution is 6.43. The summed E-state index contributed by atoms with van der Waals surface area (Å²) in [6, 6.07) is 3.65. The lowest BCUT2D eigenvalue weighted by Gasteiger charge is -2.09. The number of aldehydes is 1. The predicted molar refractivity (Wildman–Crippen MR) is 65.7 cm³/mol. The predicted octanol–water partition coefficient (Wildman–Crippen LogP) is 2.33. The van der Waals surface area contributed by atoms with Gasteiger partial charge >= 0.3 is 0 Å². The minimum atomic E-state index is 0.349. The Hall–Kier alpha value is -0.770. The number of hydrogen-bond acceptors (Lipinski definition) is 3. The van der Waals surface area contributed by atoms with E-state index in [4.69, 9.17) is 27.9 Å². The number of nitrogens with one attached hydrogen (secondary N) is 1. The summed E-state index contributed by atoms with van der Waals surface area (Å²) in [4.78, 5) is 10.1. The number of halogens is 2. The van der Waals surface area contributed by atoms with Gasteiger partial charge in [0.1, 0.15) is 17.1 Å². The van der Waals surface area contributed by atoms with Crippen molar-refractivity contribution in [3.05, 3.63) is 27.7 Å². The molecular weight excluding hydrogens is 249 g/mol. The highest BCUT2D eigenvalue weighted by atomic mass is 35.5. The number of hydrogen-bond donors (Lipinski definition) is 1. The number of ether oxygens (including phenoxy) is 1. The quantitative estimate of drug-likeness (QED) is 0.631. The minimum Gasteiger partial charge on any atom is -0.495 e. The van der Waals surface area contributed by atoms with Gasteiger partial charge in [0.2, 0.25) is 0 Å². The fraction of sp³-hybridized carbons (Fsp3) is 0.364. The van der Waals surface area contributed by atoms with Gasteiger partial charge in [-0.15, -0.1) is 0 Å². The molecular formula is C11H13Cl2NO2.